The average molecular weight is 324 g/mol. The van der Waals surface area contributed by atoms with Crippen LogP contribution in [0.4, 0.5) is 0 Å². The maximum absolute atomic E-state index is 11.3. The van der Waals surface area contributed by atoms with Crippen LogP contribution in [0.3, 0.4) is 0 Å². The quantitative estimate of drug-likeness (QED) is 0.689. The summed E-state index contributed by atoms with van der Waals surface area (Å²) in [6.45, 7) is 4.20. The maximum Gasteiger partial charge on any atom is 0.336 e. The zero-order chi connectivity index (χ0) is 16.7. The fourth-order valence-electron chi connectivity index (χ4n) is 2.88. The number of hydrogen-bond donors (Lipinski definition) is 0. The summed E-state index contributed by atoms with van der Waals surface area (Å²) in [6, 6.07) is 8.55. The first-order chi connectivity index (χ1) is 11.6. The lowest BCUT2D eigenvalue weighted by molar-refractivity contribution is 0.144. The Kier molecular flexibility index (Phi) is 3.45. The van der Waals surface area contributed by atoms with Crippen LogP contribution in [0.1, 0.15) is 17.1 Å². The van der Waals surface area contributed by atoms with Crippen molar-refractivity contribution in [1.29, 1.82) is 0 Å². The SMILES string of the molecule is Cc1nc(C)c2c(n1)OC(COc1ccc3ccc(=O)oc3c1)C2. The lowest BCUT2D eigenvalue weighted by Crippen LogP contribution is -2.22. The van der Waals surface area contributed by atoms with Crippen LogP contribution in [0.2, 0.25) is 0 Å². The highest BCUT2D eigenvalue weighted by Gasteiger charge is 2.27. The second-order valence-electron chi connectivity index (χ2n) is 5.85. The number of rotatable bonds is 3. The molecule has 0 bridgehead atoms. The second-order valence-corrected chi connectivity index (χ2v) is 5.85. The zero-order valence-electron chi connectivity index (χ0n) is 13.4. The number of ether oxygens (including phenoxy) is 2. The number of benzene rings is 1. The van der Waals surface area contributed by atoms with Gasteiger partial charge in [-0.05, 0) is 32.0 Å². The van der Waals surface area contributed by atoms with Crippen LogP contribution in [-0.2, 0) is 6.42 Å². The third-order valence-electron chi connectivity index (χ3n) is 4.03. The molecule has 0 spiro atoms. The number of fused-ring (bicyclic) bond motifs is 2. The molecule has 0 saturated heterocycles. The number of hydrogen-bond acceptors (Lipinski definition) is 6. The molecule has 4 rings (SSSR count). The molecule has 1 aromatic carbocycles. The van der Waals surface area contributed by atoms with E-state index in [0.717, 1.165) is 23.1 Å². The van der Waals surface area contributed by atoms with Gasteiger partial charge < -0.3 is 13.9 Å². The van der Waals surface area contributed by atoms with E-state index >= 15 is 0 Å². The molecule has 1 aliphatic heterocycles. The molecule has 2 aromatic heterocycles. The summed E-state index contributed by atoms with van der Waals surface area (Å²) in [6.07, 6.45) is 0.623. The molecule has 0 N–H and O–H groups in total. The molecular weight excluding hydrogens is 308 g/mol. The lowest BCUT2D eigenvalue weighted by Gasteiger charge is -2.12. The molecule has 1 aliphatic rings. The summed E-state index contributed by atoms with van der Waals surface area (Å²) in [5, 5.41) is 0.854. The molecule has 0 saturated carbocycles. The van der Waals surface area contributed by atoms with Crippen LogP contribution in [-0.4, -0.2) is 22.7 Å². The van der Waals surface area contributed by atoms with E-state index < -0.39 is 0 Å². The molecule has 122 valence electrons. The topological polar surface area (TPSA) is 74.5 Å². The number of aryl methyl sites for hydroxylation is 2. The number of nitrogens with zero attached hydrogens (tertiary/aromatic N) is 2. The van der Waals surface area contributed by atoms with Gasteiger partial charge in [0.25, 0.3) is 0 Å². The molecule has 1 unspecified atom stereocenters. The Labute approximate surface area is 138 Å². The van der Waals surface area contributed by atoms with Crippen LogP contribution in [0.5, 0.6) is 11.6 Å². The van der Waals surface area contributed by atoms with Gasteiger partial charge in [0.15, 0.2) is 0 Å². The van der Waals surface area contributed by atoms with Crippen molar-refractivity contribution in [3.05, 3.63) is 57.8 Å². The normalized spacial score (nSPS) is 16.0. The molecule has 6 nitrogen and oxygen atoms in total. The second kappa shape index (κ2) is 5.63. The summed E-state index contributed by atoms with van der Waals surface area (Å²) in [4.78, 5) is 20.0. The Bertz CT molecular complexity index is 980. The predicted molar refractivity (Wildman–Crippen MR) is 87.6 cm³/mol. The molecule has 3 aromatic rings. The van der Waals surface area contributed by atoms with E-state index in [9.17, 15) is 4.79 Å². The van der Waals surface area contributed by atoms with Gasteiger partial charge in [0.05, 0.1) is 0 Å². The van der Waals surface area contributed by atoms with Gasteiger partial charge in [-0.25, -0.2) is 9.78 Å². The first-order valence-corrected chi connectivity index (χ1v) is 7.76. The highest BCUT2D eigenvalue weighted by atomic mass is 16.5. The Balaban J connectivity index is 1.48. The largest absolute Gasteiger partial charge is 0.490 e. The zero-order valence-corrected chi connectivity index (χ0v) is 13.4. The van der Waals surface area contributed by atoms with E-state index in [1.54, 1.807) is 12.1 Å². The van der Waals surface area contributed by atoms with E-state index in [1.165, 1.54) is 6.07 Å². The molecule has 24 heavy (non-hydrogen) atoms. The minimum Gasteiger partial charge on any atom is -0.490 e. The molecule has 0 aliphatic carbocycles. The fourth-order valence-corrected chi connectivity index (χ4v) is 2.88. The molecule has 1 atom stereocenters. The molecule has 0 amide bonds. The van der Waals surface area contributed by atoms with Crippen molar-refractivity contribution in [1.82, 2.24) is 9.97 Å². The Hall–Kier alpha value is -2.89. The fraction of sp³-hybridized carbons (Fsp3) is 0.278. The van der Waals surface area contributed by atoms with Gasteiger partial charge in [-0.2, -0.15) is 4.98 Å². The van der Waals surface area contributed by atoms with Crippen molar-refractivity contribution < 1.29 is 13.9 Å². The van der Waals surface area contributed by atoms with Crippen LogP contribution < -0.4 is 15.1 Å². The van der Waals surface area contributed by atoms with E-state index in [1.807, 2.05) is 26.0 Å². The standard InChI is InChI=1S/C18H16N2O4/c1-10-15-7-14(23-18(15)20-11(2)19-10)9-22-13-5-3-12-4-6-17(21)24-16(12)8-13/h3-6,8,14H,7,9H2,1-2H3. The van der Waals surface area contributed by atoms with Crippen molar-refractivity contribution in [3.63, 3.8) is 0 Å². The van der Waals surface area contributed by atoms with Crippen molar-refractivity contribution in [2.45, 2.75) is 26.4 Å². The van der Waals surface area contributed by atoms with Crippen molar-refractivity contribution >= 4 is 11.0 Å². The molecule has 6 heteroatoms. The van der Waals surface area contributed by atoms with Crippen molar-refractivity contribution in [2.24, 2.45) is 0 Å². The smallest absolute Gasteiger partial charge is 0.336 e. The highest BCUT2D eigenvalue weighted by molar-refractivity contribution is 5.77. The van der Waals surface area contributed by atoms with E-state index in [4.69, 9.17) is 13.9 Å². The van der Waals surface area contributed by atoms with Gasteiger partial charge in [-0.3, -0.25) is 0 Å². The third kappa shape index (κ3) is 2.71. The lowest BCUT2D eigenvalue weighted by atomic mass is 10.1. The van der Waals surface area contributed by atoms with Crippen LogP contribution >= 0.6 is 0 Å². The van der Waals surface area contributed by atoms with Crippen molar-refractivity contribution in [2.75, 3.05) is 6.61 Å². The molecule has 0 fully saturated rings. The summed E-state index contributed by atoms with van der Waals surface area (Å²) in [7, 11) is 0. The van der Waals surface area contributed by atoms with Crippen LogP contribution in [0.25, 0.3) is 11.0 Å². The van der Waals surface area contributed by atoms with Crippen molar-refractivity contribution in [3.8, 4) is 11.6 Å². The van der Waals surface area contributed by atoms with Gasteiger partial charge >= 0.3 is 5.63 Å². The number of aromatic nitrogens is 2. The molecule has 0 radical (unpaired) electrons. The first-order valence-electron chi connectivity index (χ1n) is 7.76. The summed E-state index contributed by atoms with van der Waals surface area (Å²) in [5.74, 6) is 1.99. The average Bonchev–Trinajstić information content (AvgIpc) is 2.95. The first kappa shape index (κ1) is 14.7. The molecule has 3 heterocycles. The maximum atomic E-state index is 11.3. The van der Waals surface area contributed by atoms with Gasteiger partial charge in [0.1, 0.15) is 29.9 Å². The highest BCUT2D eigenvalue weighted by Crippen LogP contribution is 2.29. The van der Waals surface area contributed by atoms with Crippen LogP contribution in [0, 0.1) is 13.8 Å². The summed E-state index contributed by atoms with van der Waals surface area (Å²) in [5.41, 5.74) is 2.12. The Morgan fingerprint density at radius 1 is 1.21 bits per heavy atom. The minimum absolute atomic E-state index is 0.103. The van der Waals surface area contributed by atoms with Gasteiger partial charge in [0.2, 0.25) is 5.88 Å². The third-order valence-corrected chi connectivity index (χ3v) is 4.03. The predicted octanol–water partition coefficient (Wildman–Crippen LogP) is 2.58. The summed E-state index contributed by atoms with van der Waals surface area (Å²) >= 11 is 0. The Morgan fingerprint density at radius 2 is 2.04 bits per heavy atom. The molecular formula is C18H16N2O4. The Morgan fingerprint density at radius 3 is 2.92 bits per heavy atom. The van der Waals surface area contributed by atoms with Gasteiger partial charge in [-0.15, -0.1) is 0 Å². The van der Waals surface area contributed by atoms with E-state index in [2.05, 4.69) is 9.97 Å². The van der Waals surface area contributed by atoms with Gasteiger partial charge in [-0.1, -0.05) is 0 Å². The van der Waals surface area contributed by atoms with E-state index in [0.29, 0.717) is 29.6 Å². The minimum atomic E-state index is -0.376. The van der Waals surface area contributed by atoms with E-state index in [-0.39, 0.29) is 11.7 Å². The summed E-state index contributed by atoms with van der Waals surface area (Å²) < 4.78 is 16.8. The monoisotopic (exact) mass is 324 g/mol. The van der Waals surface area contributed by atoms with Gasteiger partial charge in [0, 0.05) is 35.2 Å². The van der Waals surface area contributed by atoms with Crippen LogP contribution in [0.15, 0.2) is 39.5 Å².